The van der Waals surface area contributed by atoms with Crippen LogP contribution in [-0.2, 0) is 6.54 Å². The molecule has 3 aliphatic heterocycles. The van der Waals surface area contributed by atoms with Gasteiger partial charge in [-0.3, -0.25) is 9.89 Å². The lowest BCUT2D eigenvalue weighted by molar-refractivity contribution is 0.182. The average molecular weight is 380 g/mol. The molecule has 3 heterocycles. The summed E-state index contributed by atoms with van der Waals surface area (Å²) in [4.78, 5) is 13.2. The van der Waals surface area contributed by atoms with Crippen LogP contribution >= 0.6 is 0 Å². The number of likely N-dealkylation sites (tertiary alicyclic amines) is 1. The number of aliphatic imine (C=N–C) groups is 1. The first-order valence-corrected chi connectivity index (χ1v) is 10.7. The van der Waals surface area contributed by atoms with Crippen molar-refractivity contribution < 1.29 is 0 Å². The molecule has 1 spiro atoms. The second-order valence-electron chi connectivity index (χ2n) is 8.56. The number of benzene rings is 2. The number of fused-ring (bicyclic) bond motifs is 4. The Balaban J connectivity index is 1.39. The highest BCUT2D eigenvalue weighted by atomic mass is 15.1. The molecule has 6 rings (SSSR count). The molecule has 3 nitrogen and oxygen atoms in total. The summed E-state index contributed by atoms with van der Waals surface area (Å²) in [5, 5.41) is 2.44. The Hall–Kier alpha value is -2.78. The van der Waals surface area contributed by atoms with Crippen LogP contribution in [0.4, 0.5) is 0 Å². The van der Waals surface area contributed by atoms with E-state index in [9.17, 15) is 0 Å². The molecule has 2 aromatic rings. The molecule has 0 N–H and O–H groups in total. The number of rotatable bonds is 2. The number of hydrogen-bond acceptors (Lipinski definition) is 3. The third-order valence-electron chi connectivity index (χ3n) is 6.82. The van der Waals surface area contributed by atoms with Crippen molar-refractivity contribution in [2.24, 2.45) is 9.98 Å². The van der Waals surface area contributed by atoms with E-state index in [1.807, 2.05) is 0 Å². The maximum atomic E-state index is 5.46. The Morgan fingerprint density at radius 3 is 2.48 bits per heavy atom. The van der Waals surface area contributed by atoms with E-state index in [1.54, 1.807) is 0 Å². The van der Waals surface area contributed by atoms with Crippen molar-refractivity contribution in [1.29, 1.82) is 0 Å². The zero-order valence-electron chi connectivity index (χ0n) is 16.6. The maximum absolute atomic E-state index is 5.46. The molecule has 1 aliphatic carbocycles. The van der Waals surface area contributed by atoms with Gasteiger partial charge in [0.2, 0.25) is 0 Å². The van der Waals surface area contributed by atoms with Crippen LogP contribution in [0.3, 0.4) is 0 Å². The first kappa shape index (κ1) is 17.1. The third kappa shape index (κ3) is 2.76. The van der Waals surface area contributed by atoms with Gasteiger partial charge in [0, 0.05) is 48.1 Å². The van der Waals surface area contributed by atoms with E-state index in [0.29, 0.717) is 0 Å². The van der Waals surface area contributed by atoms with Crippen molar-refractivity contribution in [2.75, 3.05) is 13.1 Å². The van der Waals surface area contributed by atoms with Crippen LogP contribution in [0, 0.1) is 0 Å². The standard InChI is InChI=1S/C26H25N3/c1-2-8-19(9-3-1)18-29-16-14-26(15-17-29)24-20-10-4-6-12-22(20)27-25(24)21-11-5-7-13-23(21)28-26/h1-10,12H,11,13-18H2. The second-order valence-corrected chi connectivity index (χ2v) is 8.56. The van der Waals surface area contributed by atoms with Gasteiger partial charge in [-0.2, -0.15) is 0 Å². The monoisotopic (exact) mass is 379 g/mol. The van der Waals surface area contributed by atoms with Gasteiger partial charge in [-0.15, -0.1) is 0 Å². The largest absolute Gasteiger partial charge is 0.299 e. The summed E-state index contributed by atoms with van der Waals surface area (Å²) in [5.74, 6) is 0. The van der Waals surface area contributed by atoms with E-state index in [4.69, 9.17) is 9.98 Å². The zero-order chi connectivity index (χ0) is 19.3. The Kier molecular flexibility index (Phi) is 3.91. The number of hydrogen-bond donors (Lipinski definition) is 0. The molecule has 3 heteroatoms. The average Bonchev–Trinajstić information content (AvgIpc) is 3.17. The van der Waals surface area contributed by atoms with Gasteiger partial charge in [-0.05, 0) is 30.9 Å². The molecule has 0 aromatic heterocycles. The molecular weight excluding hydrogens is 354 g/mol. The van der Waals surface area contributed by atoms with E-state index in [2.05, 4.69) is 71.6 Å². The number of allylic oxidation sites excluding steroid dienone is 3. The molecule has 2 aromatic carbocycles. The lowest BCUT2D eigenvalue weighted by Gasteiger charge is -2.43. The maximum Gasteiger partial charge on any atom is 0.0911 e. The first-order valence-electron chi connectivity index (χ1n) is 10.7. The summed E-state index contributed by atoms with van der Waals surface area (Å²) in [6, 6.07) is 19.5. The molecule has 144 valence electrons. The summed E-state index contributed by atoms with van der Waals surface area (Å²) in [6.45, 7) is 3.19. The molecular formula is C26H25N3. The van der Waals surface area contributed by atoms with E-state index >= 15 is 0 Å². The van der Waals surface area contributed by atoms with Gasteiger partial charge in [0.05, 0.1) is 16.6 Å². The topological polar surface area (TPSA) is 28.0 Å². The lowest BCUT2D eigenvalue weighted by Crippen LogP contribution is -2.47. The Bertz CT molecular complexity index is 1180. The van der Waals surface area contributed by atoms with Crippen LogP contribution in [0.15, 0.2) is 88.0 Å². The predicted molar refractivity (Wildman–Crippen MR) is 117 cm³/mol. The van der Waals surface area contributed by atoms with Crippen LogP contribution in [-0.4, -0.2) is 29.2 Å². The Labute approximate surface area is 171 Å². The van der Waals surface area contributed by atoms with Gasteiger partial charge < -0.3 is 0 Å². The molecule has 0 radical (unpaired) electrons. The fourth-order valence-corrected chi connectivity index (χ4v) is 5.36. The highest BCUT2D eigenvalue weighted by Gasteiger charge is 2.44. The summed E-state index contributed by atoms with van der Waals surface area (Å²) in [7, 11) is 0. The fourth-order valence-electron chi connectivity index (χ4n) is 5.36. The third-order valence-corrected chi connectivity index (χ3v) is 6.82. The summed E-state index contributed by atoms with van der Waals surface area (Å²) in [5.41, 5.74) is 6.56. The van der Waals surface area contributed by atoms with E-state index in [-0.39, 0.29) is 5.54 Å². The van der Waals surface area contributed by atoms with Gasteiger partial charge in [0.25, 0.3) is 0 Å². The molecule has 29 heavy (non-hydrogen) atoms. The summed E-state index contributed by atoms with van der Waals surface area (Å²) < 4.78 is 0. The molecule has 1 fully saturated rings. The lowest BCUT2D eigenvalue weighted by atomic mass is 9.74. The van der Waals surface area contributed by atoms with Gasteiger partial charge in [-0.25, -0.2) is 4.99 Å². The summed E-state index contributed by atoms with van der Waals surface area (Å²) in [6.07, 6.45) is 8.61. The van der Waals surface area contributed by atoms with Crippen LogP contribution < -0.4 is 10.6 Å². The van der Waals surface area contributed by atoms with Gasteiger partial charge in [0.15, 0.2) is 0 Å². The molecule has 0 saturated carbocycles. The van der Waals surface area contributed by atoms with Crippen LogP contribution in [0.25, 0.3) is 5.57 Å². The normalized spacial score (nSPS) is 22.1. The number of piperidine rings is 1. The minimum atomic E-state index is -0.108. The smallest absolute Gasteiger partial charge is 0.0911 e. The molecule has 0 amide bonds. The Morgan fingerprint density at radius 1 is 0.862 bits per heavy atom. The Morgan fingerprint density at radius 2 is 1.62 bits per heavy atom. The minimum Gasteiger partial charge on any atom is -0.299 e. The van der Waals surface area contributed by atoms with Gasteiger partial charge >= 0.3 is 0 Å². The first-order chi connectivity index (χ1) is 14.3. The highest BCUT2D eigenvalue weighted by molar-refractivity contribution is 6.08. The van der Waals surface area contributed by atoms with Crippen molar-refractivity contribution in [3.05, 3.63) is 94.2 Å². The van der Waals surface area contributed by atoms with Crippen molar-refractivity contribution in [1.82, 2.24) is 4.90 Å². The second kappa shape index (κ2) is 6.64. The van der Waals surface area contributed by atoms with Crippen LogP contribution in [0.1, 0.15) is 31.2 Å². The number of para-hydroxylation sites is 1. The molecule has 0 atom stereocenters. The minimum absolute atomic E-state index is 0.108. The van der Waals surface area contributed by atoms with Crippen LogP contribution in [0.2, 0.25) is 0 Å². The molecule has 1 saturated heterocycles. The quantitative estimate of drug-likeness (QED) is 0.733. The van der Waals surface area contributed by atoms with Crippen molar-refractivity contribution >= 4 is 11.3 Å². The number of dihydropyridines is 1. The van der Waals surface area contributed by atoms with Gasteiger partial charge in [-0.1, -0.05) is 60.7 Å². The van der Waals surface area contributed by atoms with Gasteiger partial charge in [0.1, 0.15) is 0 Å². The fraction of sp³-hybridized carbons (Fsp3) is 0.308. The highest BCUT2D eigenvalue weighted by Crippen LogP contribution is 2.45. The molecule has 4 aliphatic rings. The van der Waals surface area contributed by atoms with Crippen molar-refractivity contribution in [2.45, 2.75) is 37.8 Å². The van der Waals surface area contributed by atoms with Crippen LogP contribution in [0.5, 0.6) is 0 Å². The van der Waals surface area contributed by atoms with Crippen molar-refractivity contribution in [3.8, 4) is 0 Å². The summed E-state index contributed by atoms with van der Waals surface area (Å²) >= 11 is 0. The van der Waals surface area contributed by atoms with E-state index in [0.717, 1.165) is 50.7 Å². The van der Waals surface area contributed by atoms with E-state index < -0.39 is 0 Å². The van der Waals surface area contributed by atoms with Crippen molar-refractivity contribution in [3.63, 3.8) is 0 Å². The number of nitrogens with zero attached hydrogens (tertiary/aromatic N) is 3. The molecule has 0 bridgehead atoms. The SMILES string of the molecule is C1=CCC2=C3N=c4ccccc4=C3C3(CCN(Cc4ccccc4)CC3)N=C2C1. The predicted octanol–water partition coefficient (Wildman–Crippen LogP) is 3.56. The zero-order valence-corrected chi connectivity index (χ0v) is 16.6. The van der Waals surface area contributed by atoms with E-state index in [1.165, 1.54) is 33.3 Å². The molecule has 0 unspecified atom stereocenters.